The van der Waals surface area contributed by atoms with Crippen LogP contribution in [0.25, 0.3) is 0 Å². The topological polar surface area (TPSA) is 70.1 Å². The molecule has 1 aromatic carbocycles. The Morgan fingerprint density at radius 2 is 1.57 bits per heavy atom. The van der Waals surface area contributed by atoms with Gasteiger partial charge in [-0.15, -0.1) is 0 Å². The van der Waals surface area contributed by atoms with Gasteiger partial charge in [-0.05, 0) is 36.2 Å². The van der Waals surface area contributed by atoms with Gasteiger partial charge in [0.05, 0.1) is 0 Å². The summed E-state index contributed by atoms with van der Waals surface area (Å²) in [7, 11) is 0. The highest BCUT2D eigenvalue weighted by molar-refractivity contribution is 6.30. The van der Waals surface area contributed by atoms with Crippen LogP contribution in [0.15, 0.2) is 55.0 Å². The second kappa shape index (κ2) is 8.84. The Morgan fingerprint density at radius 1 is 0.857 bits per heavy atom. The molecule has 2 aromatic heterocycles. The highest BCUT2D eigenvalue weighted by Gasteiger charge is 2.20. The minimum absolute atomic E-state index is 0.653. The first-order valence-electron chi connectivity index (χ1n) is 9.36. The number of nitrogens with zero attached hydrogens (tertiary/aromatic N) is 6. The molecule has 8 heteroatoms. The molecule has 144 valence electrons. The zero-order valence-corrected chi connectivity index (χ0v) is 16.3. The first kappa shape index (κ1) is 18.4. The summed E-state index contributed by atoms with van der Waals surface area (Å²) < 4.78 is 0. The third-order valence-electron chi connectivity index (χ3n) is 4.69. The largest absolute Gasteiger partial charge is 0.354 e. The van der Waals surface area contributed by atoms with Gasteiger partial charge in [-0.25, -0.2) is 15.0 Å². The quantitative estimate of drug-likeness (QED) is 0.688. The number of anilines is 3. The first-order valence-corrected chi connectivity index (χ1v) is 9.74. The van der Waals surface area contributed by atoms with E-state index in [1.165, 1.54) is 5.56 Å². The van der Waals surface area contributed by atoms with Crippen molar-refractivity contribution in [2.45, 2.75) is 6.42 Å². The van der Waals surface area contributed by atoms with Crippen LogP contribution in [0.4, 0.5) is 17.7 Å². The molecule has 7 nitrogen and oxygen atoms in total. The van der Waals surface area contributed by atoms with Gasteiger partial charge in [0, 0.05) is 56.3 Å². The molecule has 0 radical (unpaired) electrons. The Labute approximate surface area is 169 Å². The summed E-state index contributed by atoms with van der Waals surface area (Å²) in [4.78, 5) is 22.1. The van der Waals surface area contributed by atoms with Gasteiger partial charge < -0.3 is 15.1 Å². The molecular weight excluding hydrogens is 374 g/mol. The van der Waals surface area contributed by atoms with Crippen molar-refractivity contribution in [1.29, 1.82) is 0 Å². The normalized spacial score (nSPS) is 14.2. The molecule has 3 heterocycles. The van der Waals surface area contributed by atoms with E-state index < -0.39 is 0 Å². The number of benzene rings is 1. The fourth-order valence-corrected chi connectivity index (χ4v) is 3.30. The average molecular weight is 396 g/mol. The van der Waals surface area contributed by atoms with Crippen molar-refractivity contribution in [3.63, 3.8) is 0 Å². The number of rotatable bonds is 6. The van der Waals surface area contributed by atoms with Crippen molar-refractivity contribution in [2.75, 3.05) is 47.8 Å². The van der Waals surface area contributed by atoms with Gasteiger partial charge in [0.1, 0.15) is 5.82 Å². The average Bonchev–Trinajstić information content (AvgIpc) is 2.76. The smallest absolute Gasteiger partial charge is 0.225 e. The van der Waals surface area contributed by atoms with Crippen LogP contribution in [0, 0.1) is 0 Å². The molecule has 0 aliphatic carbocycles. The molecule has 3 aromatic rings. The molecule has 1 fully saturated rings. The summed E-state index contributed by atoms with van der Waals surface area (Å²) in [6, 6.07) is 11.7. The van der Waals surface area contributed by atoms with Crippen molar-refractivity contribution < 1.29 is 0 Å². The van der Waals surface area contributed by atoms with Crippen LogP contribution in [0.2, 0.25) is 5.02 Å². The van der Waals surface area contributed by atoms with Gasteiger partial charge in [-0.1, -0.05) is 23.7 Å². The van der Waals surface area contributed by atoms with E-state index in [1.54, 1.807) is 18.6 Å². The number of aromatic nitrogens is 4. The van der Waals surface area contributed by atoms with Crippen LogP contribution in [0.1, 0.15) is 5.56 Å². The highest BCUT2D eigenvalue weighted by atomic mass is 35.5. The van der Waals surface area contributed by atoms with Gasteiger partial charge in [-0.3, -0.25) is 0 Å². The van der Waals surface area contributed by atoms with E-state index in [2.05, 4.69) is 35.1 Å². The summed E-state index contributed by atoms with van der Waals surface area (Å²) >= 11 is 5.93. The Kier molecular flexibility index (Phi) is 5.82. The lowest BCUT2D eigenvalue weighted by Gasteiger charge is -2.35. The molecule has 0 spiro atoms. The molecule has 4 rings (SSSR count). The Morgan fingerprint density at radius 3 is 2.32 bits per heavy atom. The van der Waals surface area contributed by atoms with E-state index >= 15 is 0 Å². The summed E-state index contributed by atoms with van der Waals surface area (Å²) in [5.41, 5.74) is 1.23. The maximum Gasteiger partial charge on any atom is 0.225 e. The molecule has 28 heavy (non-hydrogen) atoms. The maximum atomic E-state index is 5.93. The standard InChI is InChI=1S/C20H22ClN7/c21-17-4-2-16(3-5-17)6-10-22-19-23-11-7-18(26-19)27-12-14-28(15-13-27)20-24-8-1-9-25-20/h1-5,7-9,11H,6,10,12-15H2,(H,22,23,26). The van der Waals surface area contributed by atoms with Crippen LogP contribution >= 0.6 is 11.6 Å². The second-order valence-corrected chi connectivity index (χ2v) is 7.00. The van der Waals surface area contributed by atoms with Gasteiger partial charge >= 0.3 is 0 Å². The van der Waals surface area contributed by atoms with E-state index in [4.69, 9.17) is 11.6 Å². The summed E-state index contributed by atoms with van der Waals surface area (Å²) in [5, 5.41) is 4.07. The van der Waals surface area contributed by atoms with E-state index in [0.717, 1.165) is 55.9 Å². The number of hydrogen-bond donors (Lipinski definition) is 1. The van der Waals surface area contributed by atoms with E-state index in [9.17, 15) is 0 Å². The molecule has 0 atom stereocenters. The summed E-state index contributed by atoms with van der Waals surface area (Å²) in [5.74, 6) is 2.38. The second-order valence-electron chi connectivity index (χ2n) is 6.56. The third-order valence-corrected chi connectivity index (χ3v) is 4.94. The molecule has 1 N–H and O–H groups in total. The van der Waals surface area contributed by atoms with Gasteiger partial charge in [0.2, 0.25) is 11.9 Å². The van der Waals surface area contributed by atoms with Gasteiger partial charge in [0.25, 0.3) is 0 Å². The van der Waals surface area contributed by atoms with Crippen LogP contribution in [-0.4, -0.2) is 52.7 Å². The summed E-state index contributed by atoms with van der Waals surface area (Å²) in [6.45, 7) is 4.25. The van der Waals surface area contributed by atoms with Gasteiger partial charge in [-0.2, -0.15) is 4.98 Å². The minimum atomic E-state index is 0.653. The van der Waals surface area contributed by atoms with Crippen molar-refractivity contribution >= 4 is 29.3 Å². The molecule has 0 unspecified atom stereocenters. The van der Waals surface area contributed by atoms with Crippen LogP contribution in [0.3, 0.4) is 0 Å². The van der Waals surface area contributed by atoms with Crippen LogP contribution in [0.5, 0.6) is 0 Å². The highest BCUT2D eigenvalue weighted by Crippen LogP contribution is 2.17. The SMILES string of the molecule is Clc1ccc(CCNc2nccc(N3CCN(c4ncccn4)CC3)n2)cc1. The number of piperazine rings is 1. The fraction of sp³-hybridized carbons (Fsp3) is 0.300. The van der Waals surface area contributed by atoms with Crippen molar-refractivity contribution in [2.24, 2.45) is 0 Å². The molecule has 0 bridgehead atoms. The lowest BCUT2D eigenvalue weighted by atomic mass is 10.1. The zero-order chi connectivity index (χ0) is 19.2. The molecule has 1 aliphatic heterocycles. The zero-order valence-electron chi connectivity index (χ0n) is 15.5. The van der Waals surface area contributed by atoms with Crippen LogP contribution < -0.4 is 15.1 Å². The third kappa shape index (κ3) is 4.67. The minimum Gasteiger partial charge on any atom is -0.354 e. The number of nitrogens with one attached hydrogen (secondary N) is 1. The molecule has 0 amide bonds. The number of hydrogen-bond acceptors (Lipinski definition) is 7. The number of halogens is 1. The molecule has 1 saturated heterocycles. The molecule has 0 saturated carbocycles. The molecular formula is C20H22ClN7. The van der Waals surface area contributed by atoms with E-state index in [0.29, 0.717) is 5.95 Å². The monoisotopic (exact) mass is 395 g/mol. The Hall–Kier alpha value is -2.93. The van der Waals surface area contributed by atoms with E-state index in [-0.39, 0.29) is 0 Å². The van der Waals surface area contributed by atoms with Gasteiger partial charge in [0.15, 0.2) is 0 Å². The van der Waals surface area contributed by atoms with Crippen molar-refractivity contribution in [3.05, 3.63) is 65.6 Å². The van der Waals surface area contributed by atoms with E-state index in [1.807, 2.05) is 36.4 Å². The van der Waals surface area contributed by atoms with Crippen molar-refractivity contribution in [3.8, 4) is 0 Å². The lowest BCUT2D eigenvalue weighted by Crippen LogP contribution is -2.47. The Balaban J connectivity index is 1.31. The predicted molar refractivity (Wildman–Crippen MR) is 112 cm³/mol. The lowest BCUT2D eigenvalue weighted by molar-refractivity contribution is 0.634. The fourth-order valence-electron chi connectivity index (χ4n) is 3.17. The van der Waals surface area contributed by atoms with Crippen molar-refractivity contribution in [1.82, 2.24) is 19.9 Å². The van der Waals surface area contributed by atoms with Crippen LogP contribution in [-0.2, 0) is 6.42 Å². The first-order chi connectivity index (χ1) is 13.8. The predicted octanol–water partition coefficient (Wildman–Crippen LogP) is 2.90. The maximum absolute atomic E-state index is 5.93. The summed E-state index contributed by atoms with van der Waals surface area (Å²) in [6.07, 6.45) is 6.25. The Bertz CT molecular complexity index is 881. The molecule has 1 aliphatic rings.